The number of benzene rings is 1. The molecule has 88 valence electrons. The van der Waals surface area contributed by atoms with Gasteiger partial charge in [-0.15, -0.1) is 0 Å². The second kappa shape index (κ2) is 4.76. The van der Waals surface area contributed by atoms with Gasteiger partial charge in [-0.25, -0.2) is 0 Å². The number of Topliss-reactive ketones (excluding diaryl/α,β-unsaturated/α-hetero) is 1. The van der Waals surface area contributed by atoms with Gasteiger partial charge in [-0.05, 0) is 42.7 Å². The van der Waals surface area contributed by atoms with Crippen LogP contribution in [0, 0.1) is 13.8 Å². The number of hydrogen-bond donors (Lipinski definition) is 0. The fourth-order valence-corrected chi connectivity index (χ4v) is 2.01. The summed E-state index contributed by atoms with van der Waals surface area (Å²) in [5, 5.41) is 0.627. The summed E-state index contributed by atoms with van der Waals surface area (Å²) in [5.74, 6) is 0.375. The molecule has 0 saturated carbocycles. The third-order valence-corrected chi connectivity index (χ3v) is 3.03. The molecule has 3 heteroatoms. The van der Waals surface area contributed by atoms with E-state index in [9.17, 15) is 4.79 Å². The van der Waals surface area contributed by atoms with Crippen LogP contribution in [0.2, 0.25) is 5.02 Å². The second-order valence-electron chi connectivity index (χ2n) is 4.13. The van der Waals surface area contributed by atoms with Gasteiger partial charge in [-0.2, -0.15) is 0 Å². The van der Waals surface area contributed by atoms with Crippen molar-refractivity contribution in [3.8, 4) is 0 Å². The SMILES string of the molecule is Cc1ccc(CC(=O)c2occc2C)c(Cl)c1. The minimum Gasteiger partial charge on any atom is -0.461 e. The minimum absolute atomic E-state index is 0.0433. The zero-order chi connectivity index (χ0) is 12.4. The van der Waals surface area contributed by atoms with Gasteiger partial charge >= 0.3 is 0 Å². The first-order valence-electron chi connectivity index (χ1n) is 5.40. The largest absolute Gasteiger partial charge is 0.461 e. The zero-order valence-electron chi connectivity index (χ0n) is 9.79. The Hall–Kier alpha value is -1.54. The van der Waals surface area contributed by atoms with Crippen molar-refractivity contribution in [2.75, 3.05) is 0 Å². The smallest absolute Gasteiger partial charge is 0.202 e. The Morgan fingerprint density at radius 1 is 1.29 bits per heavy atom. The molecule has 0 N–H and O–H groups in total. The second-order valence-corrected chi connectivity index (χ2v) is 4.53. The first kappa shape index (κ1) is 11.9. The molecule has 0 aliphatic heterocycles. The van der Waals surface area contributed by atoms with E-state index in [1.807, 2.05) is 32.0 Å². The molecule has 2 aromatic rings. The molecule has 0 aliphatic carbocycles. The van der Waals surface area contributed by atoms with Gasteiger partial charge in [0, 0.05) is 11.4 Å². The lowest BCUT2D eigenvalue weighted by molar-refractivity contribution is 0.0965. The summed E-state index contributed by atoms with van der Waals surface area (Å²) in [4.78, 5) is 12.0. The third kappa shape index (κ3) is 2.59. The van der Waals surface area contributed by atoms with E-state index in [1.54, 1.807) is 6.07 Å². The fourth-order valence-electron chi connectivity index (χ4n) is 1.71. The molecule has 0 bridgehead atoms. The van der Waals surface area contributed by atoms with E-state index in [2.05, 4.69) is 0 Å². The number of carbonyl (C=O) groups is 1. The topological polar surface area (TPSA) is 30.2 Å². The van der Waals surface area contributed by atoms with Gasteiger partial charge < -0.3 is 4.42 Å². The summed E-state index contributed by atoms with van der Waals surface area (Å²) in [6, 6.07) is 7.47. The quantitative estimate of drug-likeness (QED) is 0.770. The molecule has 0 aliphatic rings. The van der Waals surface area contributed by atoms with E-state index >= 15 is 0 Å². The average molecular weight is 249 g/mol. The molecule has 0 atom stereocenters. The van der Waals surface area contributed by atoms with Crippen LogP contribution < -0.4 is 0 Å². The highest BCUT2D eigenvalue weighted by atomic mass is 35.5. The Morgan fingerprint density at radius 3 is 2.65 bits per heavy atom. The van der Waals surface area contributed by atoms with Crippen molar-refractivity contribution in [2.45, 2.75) is 20.3 Å². The van der Waals surface area contributed by atoms with Gasteiger partial charge in [0.1, 0.15) is 0 Å². The Morgan fingerprint density at radius 2 is 2.06 bits per heavy atom. The molecule has 1 aromatic carbocycles. The van der Waals surface area contributed by atoms with Crippen LogP contribution in [0.15, 0.2) is 34.9 Å². The number of hydrogen-bond acceptors (Lipinski definition) is 2. The summed E-state index contributed by atoms with van der Waals surface area (Å²) in [7, 11) is 0. The van der Waals surface area contributed by atoms with Crippen molar-refractivity contribution in [3.63, 3.8) is 0 Å². The van der Waals surface area contributed by atoms with Crippen molar-refractivity contribution >= 4 is 17.4 Å². The normalized spacial score (nSPS) is 10.5. The average Bonchev–Trinajstić information content (AvgIpc) is 2.68. The molecule has 0 saturated heterocycles. The van der Waals surface area contributed by atoms with Crippen LogP contribution in [0.3, 0.4) is 0 Å². The zero-order valence-corrected chi connectivity index (χ0v) is 10.5. The highest BCUT2D eigenvalue weighted by molar-refractivity contribution is 6.31. The monoisotopic (exact) mass is 248 g/mol. The van der Waals surface area contributed by atoms with Crippen LogP contribution in [0.25, 0.3) is 0 Å². The number of furan rings is 1. The number of rotatable bonds is 3. The Labute approximate surface area is 105 Å². The molecular weight excluding hydrogens is 236 g/mol. The number of aryl methyl sites for hydroxylation is 2. The summed E-state index contributed by atoms with van der Waals surface area (Å²) < 4.78 is 5.17. The fraction of sp³-hybridized carbons (Fsp3) is 0.214. The van der Waals surface area contributed by atoms with E-state index in [-0.39, 0.29) is 12.2 Å². The highest BCUT2D eigenvalue weighted by Crippen LogP contribution is 2.20. The van der Waals surface area contributed by atoms with Crippen LogP contribution in [0.5, 0.6) is 0 Å². The molecule has 0 radical (unpaired) electrons. The predicted octanol–water partition coefficient (Wildman–Crippen LogP) is 3.98. The van der Waals surface area contributed by atoms with Gasteiger partial charge in [-0.3, -0.25) is 4.79 Å². The molecule has 2 nitrogen and oxygen atoms in total. The van der Waals surface area contributed by atoms with E-state index < -0.39 is 0 Å². The van der Waals surface area contributed by atoms with Crippen molar-refractivity contribution in [2.24, 2.45) is 0 Å². The van der Waals surface area contributed by atoms with Gasteiger partial charge in [0.25, 0.3) is 0 Å². The van der Waals surface area contributed by atoms with Gasteiger partial charge in [0.05, 0.1) is 6.26 Å². The molecule has 2 rings (SSSR count). The van der Waals surface area contributed by atoms with E-state index in [0.717, 1.165) is 16.7 Å². The molecule has 0 amide bonds. The maximum atomic E-state index is 12.0. The van der Waals surface area contributed by atoms with Crippen LogP contribution in [-0.4, -0.2) is 5.78 Å². The van der Waals surface area contributed by atoms with Crippen LogP contribution in [0.1, 0.15) is 27.2 Å². The Balaban J connectivity index is 2.22. The molecule has 0 spiro atoms. The Kier molecular flexibility index (Phi) is 3.34. The standard InChI is InChI=1S/C14H13ClO2/c1-9-3-4-11(12(15)7-9)8-13(16)14-10(2)5-6-17-14/h3-7H,8H2,1-2H3. The predicted molar refractivity (Wildman–Crippen MR) is 67.7 cm³/mol. The number of halogens is 1. The molecular formula is C14H13ClO2. The molecule has 1 heterocycles. The lowest BCUT2D eigenvalue weighted by atomic mass is 10.0. The summed E-state index contributed by atoms with van der Waals surface area (Å²) in [6.07, 6.45) is 1.80. The highest BCUT2D eigenvalue weighted by Gasteiger charge is 2.14. The van der Waals surface area contributed by atoms with Crippen LogP contribution in [-0.2, 0) is 6.42 Å². The first-order chi connectivity index (χ1) is 8.08. The van der Waals surface area contributed by atoms with Crippen molar-refractivity contribution < 1.29 is 9.21 Å². The van der Waals surface area contributed by atoms with Gasteiger partial charge in [0.2, 0.25) is 5.78 Å². The van der Waals surface area contributed by atoms with Crippen LogP contribution in [0.4, 0.5) is 0 Å². The summed E-state index contributed by atoms with van der Waals surface area (Å²) >= 11 is 6.09. The first-order valence-corrected chi connectivity index (χ1v) is 5.78. The van der Waals surface area contributed by atoms with Gasteiger partial charge in [-0.1, -0.05) is 23.7 Å². The maximum absolute atomic E-state index is 12.0. The lowest BCUT2D eigenvalue weighted by Crippen LogP contribution is -2.04. The molecule has 0 unspecified atom stereocenters. The number of carbonyl (C=O) groups excluding carboxylic acids is 1. The minimum atomic E-state index is -0.0433. The third-order valence-electron chi connectivity index (χ3n) is 2.67. The maximum Gasteiger partial charge on any atom is 0.202 e. The van der Waals surface area contributed by atoms with Crippen molar-refractivity contribution in [1.29, 1.82) is 0 Å². The van der Waals surface area contributed by atoms with Crippen molar-refractivity contribution in [1.82, 2.24) is 0 Å². The molecule has 17 heavy (non-hydrogen) atoms. The Bertz CT molecular complexity index is 555. The van der Waals surface area contributed by atoms with Crippen LogP contribution >= 0.6 is 11.6 Å². The van der Waals surface area contributed by atoms with E-state index in [4.69, 9.17) is 16.0 Å². The van der Waals surface area contributed by atoms with Crippen molar-refractivity contribution in [3.05, 3.63) is 58.0 Å². The number of ketones is 1. The van der Waals surface area contributed by atoms with Gasteiger partial charge in [0.15, 0.2) is 5.76 Å². The lowest BCUT2D eigenvalue weighted by Gasteiger charge is -2.04. The summed E-state index contributed by atoms with van der Waals surface area (Å²) in [5.41, 5.74) is 2.77. The molecule has 1 aromatic heterocycles. The van der Waals surface area contributed by atoms with E-state index in [0.29, 0.717) is 10.8 Å². The summed E-state index contributed by atoms with van der Waals surface area (Å²) in [6.45, 7) is 3.82. The molecule has 0 fully saturated rings. The van der Waals surface area contributed by atoms with E-state index in [1.165, 1.54) is 6.26 Å².